The Morgan fingerprint density at radius 2 is 2.16 bits per heavy atom. The number of amides is 1. The molecule has 0 spiro atoms. The molecule has 25 heavy (non-hydrogen) atoms. The molecular formula is C19H26N4O2. The van der Waals surface area contributed by atoms with Crippen LogP contribution >= 0.6 is 0 Å². The number of hydrogen-bond acceptors (Lipinski definition) is 5. The molecule has 1 aliphatic heterocycles. The Morgan fingerprint density at radius 3 is 2.88 bits per heavy atom. The number of likely N-dealkylation sites (tertiary alicyclic amines) is 1. The molecule has 2 heterocycles. The average molecular weight is 342 g/mol. The van der Waals surface area contributed by atoms with Crippen LogP contribution in [-0.2, 0) is 4.74 Å². The molecule has 1 unspecified atom stereocenters. The molecule has 1 aromatic carbocycles. The predicted molar refractivity (Wildman–Crippen MR) is 101 cm³/mol. The van der Waals surface area contributed by atoms with Crippen molar-refractivity contribution >= 4 is 28.4 Å². The van der Waals surface area contributed by atoms with E-state index in [1.807, 2.05) is 39.8 Å². The summed E-state index contributed by atoms with van der Waals surface area (Å²) in [5.41, 5.74) is 9.26. The van der Waals surface area contributed by atoms with Gasteiger partial charge in [-0.1, -0.05) is 11.6 Å². The zero-order chi connectivity index (χ0) is 18.2. The number of nitrogens with one attached hydrogen (secondary N) is 1. The van der Waals surface area contributed by atoms with Gasteiger partial charge in [-0.05, 0) is 46.2 Å². The van der Waals surface area contributed by atoms with Crippen LogP contribution in [-0.4, -0.2) is 40.7 Å². The van der Waals surface area contributed by atoms with Crippen LogP contribution in [0.1, 0.15) is 32.8 Å². The second-order valence-corrected chi connectivity index (χ2v) is 7.67. The van der Waals surface area contributed by atoms with E-state index in [0.717, 1.165) is 28.6 Å². The number of aryl methyl sites for hydroxylation is 1. The molecule has 1 amide bonds. The zero-order valence-corrected chi connectivity index (χ0v) is 15.3. The van der Waals surface area contributed by atoms with Crippen LogP contribution in [0, 0.1) is 6.92 Å². The van der Waals surface area contributed by atoms with E-state index < -0.39 is 5.60 Å². The summed E-state index contributed by atoms with van der Waals surface area (Å²) >= 11 is 0. The number of aromatic nitrogens is 1. The topological polar surface area (TPSA) is 80.5 Å². The summed E-state index contributed by atoms with van der Waals surface area (Å²) in [6, 6.07) is 6.26. The number of rotatable bonds is 2. The van der Waals surface area contributed by atoms with E-state index in [-0.39, 0.29) is 12.1 Å². The predicted octanol–water partition coefficient (Wildman–Crippen LogP) is 3.55. The van der Waals surface area contributed by atoms with Crippen LogP contribution in [0.25, 0.3) is 10.9 Å². The molecule has 0 bridgehead atoms. The van der Waals surface area contributed by atoms with E-state index in [2.05, 4.69) is 16.4 Å². The minimum Gasteiger partial charge on any atom is -0.444 e. The second-order valence-electron chi connectivity index (χ2n) is 7.67. The summed E-state index contributed by atoms with van der Waals surface area (Å²) in [6.07, 6.45) is 2.27. The maximum atomic E-state index is 12.2. The van der Waals surface area contributed by atoms with Gasteiger partial charge in [-0.15, -0.1) is 0 Å². The number of ether oxygens (including phenoxy) is 1. The standard InChI is InChI=1S/C19H26N4O2/c1-12-5-6-16-14(9-12)17(15(20)10-21-16)22-13-7-8-23(11-13)18(24)25-19(2,3)4/h5-6,9-10,13H,7-8,11,20H2,1-4H3,(H,21,22). The number of pyridine rings is 1. The Morgan fingerprint density at radius 1 is 1.40 bits per heavy atom. The molecule has 6 heteroatoms. The molecule has 3 N–H and O–H groups in total. The third-order valence-electron chi connectivity index (χ3n) is 4.24. The van der Waals surface area contributed by atoms with Crippen molar-refractivity contribution in [2.24, 2.45) is 0 Å². The van der Waals surface area contributed by atoms with Crippen molar-refractivity contribution < 1.29 is 9.53 Å². The van der Waals surface area contributed by atoms with Crippen LogP contribution in [0.4, 0.5) is 16.2 Å². The molecule has 1 atom stereocenters. The van der Waals surface area contributed by atoms with Gasteiger partial charge < -0.3 is 20.7 Å². The number of carbonyl (C=O) groups is 1. The van der Waals surface area contributed by atoms with Gasteiger partial charge in [0.25, 0.3) is 0 Å². The summed E-state index contributed by atoms with van der Waals surface area (Å²) in [4.78, 5) is 18.4. The first-order chi connectivity index (χ1) is 11.7. The van der Waals surface area contributed by atoms with Crippen molar-refractivity contribution in [3.63, 3.8) is 0 Å². The summed E-state index contributed by atoms with van der Waals surface area (Å²) in [5, 5.41) is 4.52. The highest BCUT2D eigenvalue weighted by Gasteiger charge is 2.30. The first kappa shape index (κ1) is 17.3. The fourth-order valence-electron chi connectivity index (χ4n) is 3.06. The molecule has 0 radical (unpaired) electrons. The highest BCUT2D eigenvalue weighted by molar-refractivity contribution is 5.97. The van der Waals surface area contributed by atoms with Crippen molar-refractivity contribution in [2.75, 3.05) is 24.1 Å². The number of nitrogens with two attached hydrogens (primary N) is 1. The number of fused-ring (bicyclic) bond motifs is 1. The summed E-state index contributed by atoms with van der Waals surface area (Å²) in [6.45, 7) is 8.96. The number of carbonyl (C=O) groups excluding carboxylic acids is 1. The van der Waals surface area contributed by atoms with E-state index >= 15 is 0 Å². The molecular weight excluding hydrogens is 316 g/mol. The van der Waals surface area contributed by atoms with Crippen LogP contribution in [0.5, 0.6) is 0 Å². The number of nitrogens with zero attached hydrogens (tertiary/aromatic N) is 2. The minimum atomic E-state index is -0.480. The number of hydrogen-bond donors (Lipinski definition) is 2. The van der Waals surface area contributed by atoms with Crippen molar-refractivity contribution in [3.05, 3.63) is 30.0 Å². The number of benzene rings is 1. The molecule has 0 aliphatic carbocycles. The molecule has 1 saturated heterocycles. The molecule has 3 rings (SSSR count). The summed E-state index contributed by atoms with van der Waals surface area (Å²) in [7, 11) is 0. The quantitative estimate of drug-likeness (QED) is 0.872. The zero-order valence-electron chi connectivity index (χ0n) is 15.3. The molecule has 2 aromatic rings. The molecule has 6 nitrogen and oxygen atoms in total. The van der Waals surface area contributed by atoms with Crippen LogP contribution < -0.4 is 11.1 Å². The highest BCUT2D eigenvalue weighted by Crippen LogP contribution is 2.30. The third-order valence-corrected chi connectivity index (χ3v) is 4.24. The van der Waals surface area contributed by atoms with Gasteiger partial charge in [-0.2, -0.15) is 0 Å². The lowest BCUT2D eigenvalue weighted by molar-refractivity contribution is 0.0293. The lowest BCUT2D eigenvalue weighted by Gasteiger charge is -2.24. The van der Waals surface area contributed by atoms with Gasteiger partial charge in [0.1, 0.15) is 5.60 Å². The van der Waals surface area contributed by atoms with Crippen molar-refractivity contribution in [1.29, 1.82) is 0 Å². The largest absolute Gasteiger partial charge is 0.444 e. The number of anilines is 2. The van der Waals surface area contributed by atoms with Gasteiger partial charge >= 0.3 is 6.09 Å². The Balaban J connectivity index is 1.76. The fourth-order valence-corrected chi connectivity index (χ4v) is 3.06. The van der Waals surface area contributed by atoms with Gasteiger partial charge in [0.15, 0.2) is 0 Å². The maximum absolute atomic E-state index is 12.2. The van der Waals surface area contributed by atoms with Crippen LogP contribution in [0.15, 0.2) is 24.4 Å². The van der Waals surface area contributed by atoms with Crippen molar-refractivity contribution in [2.45, 2.75) is 45.8 Å². The fraction of sp³-hybridized carbons (Fsp3) is 0.474. The SMILES string of the molecule is Cc1ccc2ncc(N)c(NC3CCN(C(=O)OC(C)(C)C)C3)c2c1. The van der Waals surface area contributed by atoms with E-state index in [0.29, 0.717) is 18.8 Å². The second kappa shape index (κ2) is 6.43. The Labute approximate surface area is 148 Å². The number of nitrogen functional groups attached to an aromatic ring is 1. The van der Waals surface area contributed by atoms with Gasteiger partial charge in [-0.25, -0.2) is 4.79 Å². The summed E-state index contributed by atoms with van der Waals surface area (Å²) in [5.74, 6) is 0. The van der Waals surface area contributed by atoms with Crippen molar-refractivity contribution in [3.8, 4) is 0 Å². The van der Waals surface area contributed by atoms with Crippen LogP contribution in [0.2, 0.25) is 0 Å². The first-order valence-electron chi connectivity index (χ1n) is 8.62. The lowest BCUT2D eigenvalue weighted by Crippen LogP contribution is -2.36. The molecule has 134 valence electrons. The molecule has 1 aromatic heterocycles. The first-order valence-corrected chi connectivity index (χ1v) is 8.62. The lowest BCUT2D eigenvalue weighted by atomic mass is 10.1. The smallest absolute Gasteiger partial charge is 0.410 e. The summed E-state index contributed by atoms with van der Waals surface area (Å²) < 4.78 is 5.45. The Kier molecular flexibility index (Phi) is 4.45. The Hall–Kier alpha value is -2.50. The van der Waals surface area contributed by atoms with Gasteiger partial charge in [0, 0.05) is 24.5 Å². The maximum Gasteiger partial charge on any atom is 0.410 e. The Bertz CT molecular complexity index is 793. The highest BCUT2D eigenvalue weighted by atomic mass is 16.6. The van der Waals surface area contributed by atoms with E-state index in [4.69, 9.17) is 10.5 Å². The molecule has 1 aliphatic rings. The molecule has 1 fully saturated rings. The monoisotopic (exact) mass is 342 g/mol. The third kappa shape index (κ3) is 3.95. The minimum absolute atomic E-state index is 0.140. The van der Waals surface area contributed by atoms with Gasteiger partial charge in [-0.3, -0.25) is 4.98 Å². The van der Waals surface area contributed by atoms with Gasteiger partial charge in [0.2, 0.25) is 0 Å². The van der Waals surface area contributed by atoms with Gasteiger partial charge in [0.05, 0.1) is 23.1 Å². The van der Waals surface area contributed by atoms with E-state index in [1.165, 1.54) is 0 Å². The average Bonchev–Trinajstić information content (AvgIpc) is 2.97. The van der Waals surface area contributed by atoms with Crippen LogP contribution in [0.3, 0.4) is 0 Å². The van der Waals surface area contributed by atoms with E-state index in [1.54, 1.807) is 11.1 Å². The molecule has 0 saturated carbocycles. The van der Waals surface area contributed by atoms with Crippen molar-refractivity contribution in [1.82, 2.24) is 9.88 Å². The normalized spacial score (nSPS) is 17.8. The van der Waals surface area contributed by atoms with E-state index in [9.17, 15) is 4.79 Å².